The first-order chi connectivity index (χ1) is 16.1. The third-order valence-corrected chi connectivity index (χ3v) is 5.30. The molecule has 7 nitrogen and oxygen atoms in total. The molecule has 2 unspecified atom stereocenters. The molecule has 178 valence electrons. The molecule has 0 radical (unpaired) electrons. The van der Waals surface area contributed by atoms with Crippen molar-refractivity contribution in [1.29, 1.82) is 0 Å². The van der Waals surface area contributed by atoms with E-state index in [1.807, 2.05) is 48.5 Å². The van der Waals surface area contributed by atoms with Crippen LogP contribution < -0.4 is 10.6 Å². The Bertz CT molecular complexity index is 1110. The maximum absolute atomic E-state index is 12.9. The van der Waals surface area contributed by atoms with E-state index in [2.05, 4.69) is 17.2 Å². The maximum atomic E-state index is 12.9. The second-order valence-electron chi connectivity index (χ2n) is 7.47. The number of halogens is 3. The number of carbonyl (C=O) groups excluding carboxylic acids is 2. The van der Waals surface area contributed by atoms with Crippen molar-refractivity contribution in [3.05, 3.63) is 59.7 Å². The van der Waals surface area contributed by atoms with Crippen LogP contribution in [0, 0.1) is 11.8 Å². The van der Waals surface area contributed by atoms with Crippen LogP contribution in [-0.4, -0.2) is 47.9 Å². The van der Waals surface area contributed by atoms with Crippen LogP contribution in [-0.2, 0) is 14.3 Å². The molecule has 0 spiro atoms. The standard InChI is InChI=1S/C24H21F3N2O5/c1-2-3-12-19(21(30)29-20(22(31)32)24(25,26)27)28-23(33)34-13-18-16-10-6-4-8-14(16)15-9-5-7-11-17(15)18/h4-11,18-20H,12-13H2,1H3,(H,28,33)(H,29,30)(H,31,32). The number of nitrogens with one attached hydrogen (secondary N) is 2. The van der Waals surface area contributed by atoms with E-state index in [1.165, 1.54) is 12.2 Å². The van der Waals surface area contributed by atoms with Gasteiger partial charge in [-0.2, -0.15) is 13.2 Å². The molecule has 3 rings (SSSR count). The Morgan fingerprint density at radius 3 is 2.09 bits per heavy atom. The number of rotatable bonds is 7. The SMILES string of the molecule is CC#CCC(NC(=O)OCC1c2ccccc2-c2ccccc21)C(=O)NC(C(=O)O)C(F)(F)F. The van der Waals surface area contributed by atoms with Crippen LogP contribution in [0.2, 0.25) is 0 Å². The van der Waals surface area contributed by atoms with E-state index in [4.69, 9.17) is 9.84 Å². The Labute approximate surface area is 193 Å². The van der Waals surface area contributed by atoms with Gasteiger partial charge in [0.15, 0.2) is 0 Å². The molecule has 0 bridgehead atoms. The summed E-state index contributed by atoms with van der Waals surface area (Å²) in [7, 11) is 0. The molecule has 2 atom stereocenters. The van der Waals surface area contributed by atoms with Gasteiger partial charge >= 0.3 is 18.2 Å². The molecule has 0 saturated carbocycles. The van der Waals surface area contributed by atoms with Crippen molar-refractivity contribution in [1.82, 2.24) is 10.6 Å². The number of carboxylic acids is 1. The number of alkyl halides is 3. The Balaban J connectivity index is 1.69. The summed E-state index contributed by atoms with van der Waals surface area (Å²) in [5, 5.41) is 12.4. The highest BCUT2D eigenvalue weighted by Crippen LogP contribution is 2.44. The number of amides is 2. The van der Waals surface area contributed by atoms with Crippen molar-refractivity contribution < 1.29 is 37.4 Å². The Hall–Kier alpha value is -4.00. The first kappa shape index (κ1) is 24.6. The highest BCUT2D eigenvalue weighted by Gasteiger charge is 2.47. The molecule has 0 aromatic heterocycles. The van der Waals surface area contributed by atoms with E-state index in [1.54, 1.807) is 0 Å². The molecule has 34 heavy (non-hydrogen) atoms. The molecular weight excluding hydrogens is 453 g/mol. The van der Waals surface area contributed by atoms with Gasteiger partial charge in [-0.05, 0) is 29.2 Å². The van der Waals surface area contributed by atoms with Crippen molar-refractivity contribution in [2.45, 2.75) is 37.5 Å². The fraction of sp³-hybridized carbons (Fsp3) is 0.292. The van der Waals surface area contributed by atoms with Crippen molar-refractivity contribution in [3.63, 3.8) is 0 Å². The molecule has 2 aromatic rings. The largest absolute Gasteiger partial charge is 0.479 e. The molecule has 0 fully saturated rings. The van der Waals surface area contributed by atoms with Crippen LogP contribution in [0.5, 0.6) is 0 Å². The van der Waals surface area contributed by atoms with Crippen LogP contribution in [0.4, 0.5) is 18.0 Å². The maximum Gasteiger partial charge on any atom is 0.419 e. The molecule has 10 heteroatoms. The quantitative estimate of drug-likeness (QED) is 0.534. The average Bonchev–Trinajstić information content (AvgIpc) is 3.11. The molecule has 2 amide bonds. The minimum atomic E-state index is -5.22. The van der Waals surface area contributed by atoms with E-state index in [9.17, 15) is 27.6 Å². The molecule has 3 N–H and O–H groups in total. The van der Waals surface area contributed by atoms with Crippen LogP contribution in [0.25, 0.3) is 11.1 Å². The van der Waals surface area contributed by atoms with E-state index in [0.29, 0.717) is 0 Å². The van der Waals surface area contributed by atoms with Crippen LogP contribution in [0.1, 0.15) is 30.4 Å². The number of carboxylic acid groups (broad SMARTS) is 1. The Morgan fingerprint density at radius 1 is 1.03 bits per heavy atom. The third kappa shape index (κ3) is 5.49. The molecule has 1 aliphatic carbocycles. The lowest BCUT2D eigenvalue weighted by Gasteiger charge is -2.22. The highest BCUT2D eigenvalue weighted by atomic mass is 19.4. The molecule has 0 saturated heterocycles. The number of hydrogen-bond acceptors (Lipinski definition) is 4. The van der Waals surface area contributed by atoms with Crippen molar-refractivity contribution in [3.8, 4) is 23.0 Å². The van der Waals surface area contributed by atoms with Gasteiger partial charge in [0.2, 0.25) is 11.9 Å². The first-order valence-corrected chi connectivity index (χ1v) is 10.2. The summed E-state index contributed by atoms with van der Waals surface area (Å²) in [6, 6.07) is 10.6. The Kier molecular flexibility index (Phi) is 7.46. The Morgan fingerprint density at radius 2 is 1.59 bits per heavy atom. The second kappa shape index (κ2) is 10.3. The second-order valence-corrected chi connectivity index (χ2v) is 7.47. The molecule has 0 aliphatic heterocycles. The smallest absolute Gasteiger partial charge is 0.419 e. The van der Waals surface area contributed by atoms with E-state index >= 15 is 0 Å². The summed E-state index contributed by atoms with van der Waals surface area (Å²) in [6.45, 7) is 1.37. The predicted octanol–water partition coefficient (Wildman–Crippen LogP) is 3.44. The van der Waals surface area contributed by atoms with Gasteiger partial charge in [-0.3, -0.25) is 4.79 Å². The average molecular weight is 474 g/mol. The molecular formula is C24H21F3N2O5. The minimum absolute atomic E-state index is 0.0754. The summed E-state index contributed by atoms with van der Waals surface area (Å²) < 4.78 is 44.0. The number of alkyl carbamates (subject to hydrolysis) is 1. The summed E-state index contributed by atoms with van der Waals surface area (Å²) in [6.07, 6.45) is -6.60. The predicted molar refractivity (Wildman–Crippen MR) is 116 cm³/mol. The first-order valence-electron chi connectivity index (χ1n) is 10.2. The normalized spacial score (nSPS) is 14.0. The lowest BCUT2D eigenvalue weighted by molar-refractivity contribution is -0.182. The van der Waals surface area contributed by atoms with Gasteiger partial charge in [0, 0.05) is 12.3 Å². The van der Waals surface area contributed by atoms with E-state index in [0.717, 1.165) is 22.3 Å². The summed E-state index contributed by atoms with van der Waals surface area (Å²) in [4.78, 5) is 35.7. The number of carbonyl (C=O) groups is 3. The topological polar surface area (TPSA) is 105 Å². The van der Waals surface area contributed by atoms with Gasteiger partial charge in [-0.25, -0.2) is 9.59 Å². The third-order valence-electron chi connectivity index (χ3n) is 5.30. The highest BCUT2D eigenvalue weighted by molar-refractivity contribution is 5.90. The number of ether oxygens (including phenoxy) is 1. The fourth-order valence-electron chi connectivity index (χ4n) is 3.72. The zero-order valence-electron chi connectivity index (χ0n) is 18.0. The van der Waals surface area contributed by atoms with Crippen LogP contribution >= 0.6 is 0 Å². The monoisotopic (exact) mass is 474 g/mol. The number of aliphatic carboxylic acids is 1. The number of benzene rings is 2. The lowest BCUT2D eigenvalue weighted by Crippen LogP contribution is -2.56. The van der Waals surface area contributed by atoms with Gasteiger partial charge in [-0.1, -0.05) is 48.5 Å². The van der Waals surface area contributed by atoms with Crippen LogP contribution in [0.15, 0.2) is 48.5 Å². The van der Waals surface area contributed by atoms with Gasteiger partial charge in [-0.15, -0.1) is 11.8 Å². The summed E-state index contributed by atoms with van der Waals surface area (Å²) in [5.41, 5.74) is 3.93. The van der Waals surface area contributed by atoms with Gasteiger partial charge in [0.25, 0.3) is 0 Å². The van der Waals surface area contributed by atoms with Crippen molar-refractivity contribution in [2.24, 2.45) is 0 Å². The minimum Gasteiger partial charge on any atom is -0.479 e. The summed E-state index contributed by atoms with van der Waals surface area (Å²) >= 11 is 0. The van der Waals surface area contributed by atoms with Gasteiger partial charge < -0.3 is 20.5 Å². The number of fused-ring (bicyclic) bond motifs is 3. The van der Waals surface area contributed by atoms with Crippen molar-refractivity contribution >= 4 is 18.0 Å². The van der Waals surface area contributed by atoms with Gasteiger partial charge in [0.05, 0.1) is 0 Å². The number of hydrogen-bond donors (Lipinski definition) is 3. The zero-order valence-corrected chi connectivity index (χ0v) is 18.0. The van der Waals surface area contributed by atoms with Crippen molar-refractivity contribution in [2.75, 3.05) is 6.61 Å². The zero-order chi connectivity index (χ0) is 24.9. The lowest BCUT2D eigenvalue weighted by atomic mass is 9.98. The van der Waals surface area contributed by atoms with Crippen LogP contribution in [0.3, 0.4) is 0 Å². The molecule has 0 heterocycles. The molecule has 2 aromatic carbocycles. The van der Waals surface area contributed by atoms with Gasteiger partial charge in [0.1, 0.15) is 12.6 Å². The fourth-order valence-corrected chi connectivity index (χ4v) is 3.72. The summed E-state index contributed by atoms with van der Waals surface area (Å²) in [5.74, 6) is 1.08. The van der Waals surface area contributed by atoms with E-state index < -0.39 is 36.2 Å². The van der Waals surface area contributed by atoms with E-state index in [-0.39, 0.29) is 18.9 Å². The molecule has 1 aliphatic rings.